The van der Waals surface area contributed by atoms with Crippen molar-refractivity contribution in [3.05, 3.63) is 34.6 Å². The van der Waals surface area contributed by atoms with E-state index in [0.717, 1.165) is 0 Å². The van der Waals surface area contributed by atoms with E-state index in [9.17, 15) is 8.78 Å². The Balaban J connectivity index is 2.70. The van der Waals surface area contributed by atoms with Gasteiger partial charge in [0.15, 0.2) is 0 Å². The first kappa shape index (κ1) is 11.4. The molecule has 0 aliphatic rings. The van der Waals surface area contributed by atoms with E-state index >= 15 is 0 Å². The van der Waals surface area contributed by atoms with Gasteiger partial charge in [-0.3, -0.25) is 0 Å². The van der Waals surface area contributed by atoms with E-state index in [2.05, 4.69) is 0 Å². The summed E-state index contributed by atoms with van der Waals surface area (Å²) in [5, 5.41) is 0.418. The minimum absolute atomic E-state index is 0.0313. The molecule has 14 heavy (non-hydrogen) atoms. The minimum Gasteiger partial charge on any atom is -0.330 e. The molecule has 0 saturated carbocycles. The molecule has 0 amide bonds. The van der Waals surface area contributed by atoms with Crippen LogP contribution in [0.25, 0.3) is 0 Å². The lowest BCUT2D eigenvalue weighted by Gasteiger charge is -2.07. The van der Waals surface area contributed by atoms with Crippen LogP contribution in [0.15, 0.2) is 18.2 Å². The van der Waals surface area contributed by atoms with Gasteiger partial charge in [-0.15, -0.1) is 0 Å². The van der Waals surface area contributed by atoms with Crippen molar-refractivity contribution in [2.24, 2.45) is 5.73 Å². The van der Waals surface area contributed by atoms with Gasteiger partial charge in [-0.25, -0.2) is 8.78 Å². The van der Waals surface area contributed by atoms with Crippen molar-refractivity contribution in [2.75, 3.05) is 6.54 Å². The average molecular weight is 220 g/mol. The van der Waals surface area contributed by atoms with Gasteiger partial charge in [-0.1, -0.05) is 11.6 Å². The van der Waals surface area contributed by atoms with Crippen molar-refractivity contribution in [2.45, 2.75) is 19.0 Å². The molecule has 78 valence electrons. The van der Waals surface area contributed by atoms with Crippen molar-refractivity contribution in [1.29, 1.82) is 0 Å². The number of alkyl halides is 1. The highest BCUT2D eigenvalue weighted by Gasteiger charge is 2.10. The predicted molar refractivity (Wildman–Crippen MR) is 53.7 cm³/mol. The third-order valence-electron chi connectivity index (χ3n) is 1.93. The van der Waals surface area contributed by atoms with Crippen molar-refractivity contribution >= 4 is 11.6 Å². The zero-order valence-electron chi connectivity index (χ0n) is 7.64. The first-order valence-corrected chi connectivity index (χ1v) is 4.79. The second kappa shape index (κ2) is 5.27. The van der Waals surface area contributed by atoms with E-state index in [1.807, 2.05) is 0 Å². The zero-order valence-corrected chi connectivity index (χ0v) is 8.40. The van der Waals surface area contributed by atoms with Crippen LogP contribution in [-0.2, 0) is 6.42 Å². The Morgan fingerprint density at radius 2 is 2.14 bits per heavy atom. The predicted octanol–water partition coefficient (Wildman–Crippen LogP) is 2.71. The lowest BCUT2D eigenvalue weighted by Crippen LogP contribution is -2.12. The number of nitrogens with two attached hydrogens (primary N) is 1. The summed E-state index contributed by atoms with van der Waals surface area (Å²) in [5.74, 6) is -0.422. The quantitative estimate of drug-likeness (QED) is 0.828. The monoisotopic (exact) mass is 219 g/mol. The lowest BCUT2D eigenvalue weighted by molar-refractivity contribution is 0.313. The largest absolute Gasteiger partial charge is 0.330 e. The number of hydrogen-bond donors (Lipinski definition) is 1. The lowest BCUT2D eigenvalue weighted by atomic mass is 10.1. The molecular formula is C10H12ClF2N. The maximum absolute atomic E-state index is 13.1. The number of benzene rings is 1. The molecule has 0 fully saturated rings. The third-order valence-corrected chi connectivity index (χ3v) is 2.16. The van der Waals surface area contributed by atoms with E-state index < -0.39 is 12.0 Å². The van der Waals surface area contributed by atoms with Crippen LogP contribution in [0, 0.1) is 5.82 Å². The molecule has 1 unspecified atom stereocenters. The van der Waals surface area contributed by atoms with Crippen LogP contribution >= 0.6 is 11.6 Å². The van der Waals surface area contributed by atoms with Crippen molar-refractivity contribution in [1.82, 2.24) is 0 Å². The Hall–Kier alpha value is -0.670. The van der Waals surface area contributed by atoms with Gasteiger partial charge in [0.2, 0.25) is 0 Å². The van der Waals surface area contributed by atoms with Gasteiger partial charge in [0.25, 0.3) is 0 Å². The van der Waals surface area contributed by atoms with E-state index in [4.69, 9.17) is 17.3 Å². The SMILES string of the molecule is NCCC(F)Cc1cc(Cl)ccc1F. The summed E-state index contributed by atoms with van der Waals surface area (Å²) in [5.41, 5.74) is 5.50. The minimum atomic E-state index is -1.10. The van der Waals surface area contributed by atoms with Gasteiger partial charge in [0.05, 0.1) is 0 Å². The fraction of sp³-hybridized carbons (Fsp3) is 0.400. The van der Waals surface area contributed by atoms with Gasteiger partial charge < -0.3 is 5.73 Å². The summed E-state index contributed by atoms with van der Waals surface area (Å²) in [7, 11) is 0. The van der Waals surface area contributed by atoms with Crippen LogP contribution in [0.1, 0.15) is 12.0 Å². The molecule has 1 rings (SSSR count). The number of rotatable bonds is 4. The van der Waals surface area contributed by atoms with E-state index in [1.165, 1.54) is 18.2 Å². The Kier molecular flexibility index (Phi) is 4.29. The summed E-state index contributed by atoms with van der Waals surface area (Å²) in [4.78, 5) is 0. The average Bonchev–Trinajstić information content (AvgIpc) is 2.12. The second-order valence-corrected chi connectivity index (χ2v) is 3.55. The Morgan fingerprint density at radius 1 is 1.43 bits per heavy atom. The summed E-state index contributed by atoms with van der Waals surface area (Å²) >= 11 is 5.66. The summed E-state index contributed by atoms with van der Waals surface area (Å²) in [6.45, 7) is 0.267. The topological polar surface area (TPSA) is 26.0 Å². The summed E-state index contributed by atoms with van der Waals surface area (Å²) in [6.07, 6.45) is -0.830. The third kappa shape index (κ3) is 3.24. The smallest absolute Gasteiger partial charge is 0.126 e. The Bertz CT molecular complexity index is 304. The van der Waals surface area contributed by atoms with E-state index in [0.29, 0.717) is 10.6 Å². The van der Waals surface area contributed by atoms with Crippen LogP contribution in [0.3, 0.4) is 0 Å². The van der Waals surface area contributed by atoms with E-state index in [-0.39, 0.29) is 19.4 Å². The summed E-state index contributed by atoms with van der Waals surface area (Å²) in [6, 6.07) is 4.13. The van der Waals surface area contributed by atoms with Crippen molar-refractivity contribution in [3.63, 3.8) is 0 Å². The Labute approximate surface area is 86.9 Å². The molecule has 1 aromatic rings. The van der Waals surface area contributed by atoms with E-state index in [1.54, 1.807) is 0 Å². The molecule has 0 heterocycles. The molecule has 0 aromatic heterocycles. The molecule has 0 spiro atoms. The Morgan fingerprint density at radius 3 is 2.79 bits per heavy atom. The van der Waals surface area contributed by atoms with Gasteiger partial charge >= 0.3 is 0 Å². The standard InChI is InChI=1S/C10H12ClF2N/c11-8-1-2-10(13)7(5-8)6-9(12)3-4-14/h1-2,5,9H,3-4,6,14H2. The van der Waals surface area contributed by atoms with Gasteiger partial charge in [0.1, 0.15) is 12.0 Å². The molecule has 0 radical (unpaired) electrons. The van der Waals surface area contributed by atoms with Gasteiger partial charge in [-0.05, 0) is 36.7 Å². The number of hydrogen-bond acceptors (Lipinski definition) is 1. The van der Waals surface area contributed by atoms with Gasteiger partial charge in [-0.2, -0.15) is 0 Å². The maximum atomic E-state index is 13.1. The fourth-order valence-corrected chi connectivity index (χ4v) is 1.42. The van der Waals surface area contributed by atoms with Crippen molar-refractivity contribution in [3.8, 4) is 0 Å². The first-order chi connectivity index (χ1) is 6.63. The fourth-order valence-electron chi connectivity index (χ4n) is 1.22. The van der Waals surface area contributed by atoms with Crippen LogP contribution in [-0.4, -0.2) is 12.7 Å². The number of halogens is 3. The van der Waals surface area contributed by atoms with Gasteiger partial charge in [0, 0.05) is 11.4 Å². The summed E-state index contributed by atoms with van der Waals surface area (Å²) < 4.78 is 26.2. The zero-order chi connectivity index (χ0) is 10.6. The second-order valence-electron chi connectivity index (χ2n) is 3.11. The highest BCUT2D eigenvalue weighted by molar-refractivity contribution is 6.30. The van der Waals surface area contributed by atoms with Crippen LogP contribution in [0.4, 0.5) is 8.78 Å². The van der Waals surface area contributed by atoms with Crippen LogP contribution < -0.4 is 5.73 Å². The molecule has 1 nitrogen and oxygen atoms in total. The molecule has 4 heteroatoms. The molecule has 1 atom stereocenters. The normalized spacial score (nSPS) is 12.9. The molecule has 0 aliphatic heterocycles. The highest BCUT2D eigenvalue weighted by atomic mass is 35.5. The molecule has 2 N–H and O–H groups in total. The first-order valence-electron chi connectivity index (χ1n) is 4.41. The van der Waals surface area contributed by atoms with Crippen LogP contribution in [0.2, 0.25) is 5.02 Å². The molecular weight excluding hydrogens is 208 g/mol. The molecule has 1 aromatic carbocycles. The maximum Gasteiger partial charge on any atom is 0.126 e. The molecule has 0 bridgehead atoms. The van der Waals surface area contributed by atoms with Crippen LogP contribution in [0.5, 0.6) is 0 Å². The highest BCUT2D eigenvalue weighted by Crippen LogP contribution is 2.17. The molecule has 0 saturated heterocycles. The molecule has 0 aliphatic carbocycles. The van der Waals surface area contributed by atoms with Crippen molar-refractivity contribution < 1.29 is 8.78 Å².